The summed E-state index contributed by atoms with van der Waals surface area (Å²) in [5, 5.41) is 6.75. The van der Waals surface area contributed by atoms with Gasteiger partial charge in [-0.25, -0.2) is 14.6 Å². The maximum Gasteiger partial charge on any atom is 0.339 e. The number of benzene rings is 3. The van der Waals surface area contributed by atoms with Gasteiger partial charge in [-0.3, -0.25) is 0 Å². The summed E-state index contributed by atoms with van der Waals surface area (Å²) in [5.41, 5.74) is 5.29. The van der Waals surface area contributed by atoms with Gasteiger partial charge in [0.05, 0.1) is 16.4 Å². The first-order valence-electron chi connectivity index (χ1n) is 9.96. The summed E-state index contributed by atoms with van der Waals surface area (Å²) in [6.45, 7) is 4.29. The summed E-state index contributed by atoms with van der Waals surface area (Å²) in [6, 6.07) is 17.1. The van der Waals surface area contributed by atoms with Crippen LogP contribution in [0.15, 0.2) is 65.8 Å². The average molecular weight is 547 g/mol. The van der Waals surface area contributed by atoms with Gasteiger partial charge < -0.3 is 14.8 Å². The molecule has 3 rings (SSSR count). The van der Waals surface area contributed by atoms with Crippen LogP contribution in [-0.4, -0.2) is 18.9 Å². The van der Waals surface area contributed by atoms with E-state index in [4.69, 9.17) is 9.47 Å². The summed E-state index contributed by atoms with van der Waals surface area (Å²) in [4.78, 5) is 12.1. The van der Waals surface area contributed by atoms with E-state index >= 15 is 0 Å². The van der Waals surface area contributed by atoms with E-state index in [1.54, 1.807) is 24.3 Å². The highest BCUT2D eigenvalue weighted by Gasteiger charge is 2.13. The predicted octanol–water partition coefficient (Wildman–Crippen LogP) is 5.87. The number of nitrogens with zero attached hydrogens (tertiary/aromatic N) is 1. The Morgan fingerprint density at radius 1 is 1.12 bits per heavy atom. The van der Waals surface area contributed by atoms with Crippen molar-refractivity contribution in [3.8, 4) is 11.5 Å². The minimum Gasteiger partial charge on any atom is -0.490 e. The summed E-state index contributed by atoms with van der Waals surface area (Å²) in [5.74, 6) is 0.721. The summed E-state index contributed by atoms with van der Waals surface area (Å²) >= 11 is 2.13. The van der Waals surface area contributed by atoms with Gasteiger partial charge in [0.25, 0.3) is 0 Å². The van der Waals surface area contributed by atoms with E-state index in [0.717, 1.165) is 9.13 Å². The molecule has 2 amide bonds. The molecule has 3 aromatic carbocycles. The molecule has 166 valence electrons. The molecule has 0 aliphatic rings. The Balaban J connectivity index is 1.68. The van der Waals surface area contributed by atoms with Crippen molar-refractivity contribution in [2.24, 2.45) is 5.10 Å². The van der Waals surface area contributed by atoms with Gasteiger partial charge in [0, 0.05) is 11.3 Å². The lowest BCUT2D eigenvalue weighted by Gasteiger charge is -2.15. The van der Waals surface area contributed by atoms with Crippen LogP contribution < -0.4 is 20.2 Å². The molecule has 0 spiro atoms. The van der Waals surface area contributed by atoms with Gasteiger partial charge in [0.15, 0.2) is 11.5 Å². The molecule has 0 heterocycles. The van der Waals surface area contributed by atoms with Gasteiger partial charge in [-0.05, 0) is 71.8 Å². The number of carbonyl (C=O) groups is 1. The number of anilines is 1. The number of halogens is 2. The SMILES string of the molecule is CCOc1cc(C=NNC(=O)Nc2ccccc2C)cc(I)c1OCc1ccccc1F. The fourth-order valence-corrected chi connectivity index (χ4v) is 3.64. The zero-order valence-electron chi connectivity index (χ0n) is 17.7. The van der Waals surface area contributed by atoms with Crippen molar-refractivity contribution in [2.75, 3.05) is 11.9 Å². The van der Waals surface area contributed by atoms with E-state index in [1.807, 2.05) is 44.2 Å². The van der Waals surface area contributed by atoms with Gasteiger partial charge in [0.1, 0.15) is 12.4 Å². The molecule has 2 N–H and O–H groups in total. The smallest absolute Gasteiger partial charge is 0.339 e. The van der Waals surface area contributed by atoms with Crippen LogP contribution in [0.5, 0.6) is 11.5 Å². The van der Waals surface area contributed by atoms with Crippen molar-refractivity contribution >= 4 is 40.5 Å². The lowest BCUT2D eigenvalue weighted by atomic mass is 10.2. The molecule has 0 saturated heterocycles. The van der Waals surface area contributed by atoms with Crippen LogP contribution in [0, 0.1) is 16.3 Å². The van der Waals surface area contributed by atoms with Crippen LogP contribution in [0.4, 0.5) is 14.9 Å². The lowest BCUT2D eigenvalue weighted by molar-refractivity contribution is 0.252. The molecular formula is C24H23FIN3O3. The van der Waals surface area contributed by atoms with Crippen LogP contribution in [0.3, 0.4) is 0 Å². The number of hydrogen-bond acceptors (Lipinski definition) is 4. The monoisotopic (exact) mass is 547 g/mol. The van der Waals surface area contributed by atoms with Crippen molar-refractivity contribution in [1.29, 1.82) is 0 Å². The fourth-order valence-electron chi connectivity index (χ4n) is 2.86. The Labute approximate surface area is 200 Å². The third-order valence-corrected chi connectivity index (χ3v) is 5.24. The van der Waals surface area contributed by atoms with Crippen molar-refractivity contribution in [1.82, 2.24) is 5.43 Å². The second kappa shape index (κ2) is 11.5. The Morgan fingerprint density at radius 2 is 1.88 bits per heavy atom. The largest absolute Gasteiger partial charge is 0.490 e. The van der Waals surface area contributed by atoms with Crippen LogP contribution in [0.1, 0.15) is 23.6 Å². The number of para-hydroxylation sites is 1. The van der Waals surface area contributed by atoms with E-state index in [1.165, 1.54) is 12.3 Å². The molecule has 0 atom stereocenters. The Hall–Kier alpha value is -3.14. The molecular weight excluding hydrogens is 524 g/mol. The minimum absolute atomic E-state index is 0.0802. The quantitative estimate of drug-likeness (QED) is 0.211. The van der Waals surface area contributed by atoms with Gasteiger partial charge in [-0.2, -0.15) is 5.10 Å². The fraction of sp³-hybridized carbons (Fsp3) is 0.167. The zero-order chi connectivity index (χ0) is 22.9. The van der Waals surface area contributed by atoms with Gasteiger partial charge in [0.2, 0.25) is 0 Å². The Morgan fingerprint density at radius 3 is 2.62 bits per heavy atom. The third kappa shape index (κ3) is 6.43. The zero-order valence-corrected chi connectivity index (χ0v) is 19.9. The summed E-state index contributed by atoms with van der Waals surface area (Å²) < 4.78 is 26.3. The number of ether oxygens (including phenoxy) is 2. The van der Waals surface area contributed by atoms with Crippen LogP contribution >= 0.6 is 22.6 Å². The number of hydrogen-bond donors (Lipinski definition) is 2. The molecule has 0 saturated carbocycles. The van der Waals surface area contributed by atoms with Crippen molar-refractivity contribution < 1.29 is 18.7 Å². The molecule has 32 heavy (non-hydrogen) atoms. The highest BCUT2D eigenvalue weighted by Crippen LogP contribution is 2.34. The second-order valence-electron chi connectivity index (χ2n) is 6.78. The van der Waals surface area contributed by atoms with Crippen molar-refractivity contribution in [2.45, 2.75) is 20.5 Å². The molecule has 3 aromatic rings. The first-order chi connectivity index (χ1) is 15.5. The molecule has 0 aromatic heterocycles. The standard InChI is InChI=1S/C24H23FIN3O3/c1-3-31-22-13-17(14-27-29-24(30)28-21-11-7-4-8-16(21)2)12-20(26)23(22)32-15-18-9-5-6-10-19(18)25/h4-14H,3,15H2,1-2H3,(H2,28,29,30). The van der Waals surface area contributed by atoms with Crippen molar-refractivity contribution in [3.63, 3.8) is 0 Å². The number of aryl methyl sites for hydroxylation is 1. The molecule has 6 nitrogen and oxygen atoms in total. The van der Waals surface area contributed by atoms with Gasteiger partial charge in [-0.1, -0.05) is 36.4 Å². The van der Waals surface area contributed by atoms with Crippen LogP contribution in [0.2, 0.25) is 0 Å². The van der Waals surface area contributed by atoms with Crippen molar-refractivity contribution in [3.05, 3.63) is 86.7 Å². The maximum atomic E-state index is 13.9. The number of rotatable bonds is 8. The summed E-state index contributed by atoms with van der Waals surface area (Å²) in [7, 11) is 0. The average Bonchev–Trinajstić information content (AvgIpc) is 2.76. The van der Waals surface area contributed by atoms with E-state index in [-0.39, 0.29) is 12.4 Å². The Kier molecular flexibility index (Phi) is 8.43. The first kappa shape index (κ1) is 23.5. The molecule has 0 unspecified atom stereocenters. The predicted molar refractivity (Wildman–Crippen MR) is 132 cm³/mol. The number of hydrazone groups is 1. The Bertz CT molecular complexity index is 1120. The van der Waals surface area contributed by atoms with Gasteiger partial charge in [-0.15, -0.1) is 0 Å². The normalized spacial score (nSPS) is 10.8. The molecule has 8 heteroatoms. The number of urea groups is 1. The maximum absolute atomic E-state index is 13.9. The summed E-state index contributed by atoms with van der Waals surface area (Å²) in [6.07, 6.45) is 1.52. The van der Waals surface area contributed by atoms with Gasteiger partial charge >= 0.3 is 6.03 Å². The minimum atomic E-state index is -0.444. The van der Waals surface area contributed by atoms with E-state index in [0.29, 0.717) is 34.9 Å². The highest BCUT2D eigenvalue weighted by atomic mass is 127. The van der Waals surface area contributed by atoms with E-state index in [9.17, 15) is 9.18 Å². The molecule has 0 radical (unpaired) electrons. The number of amides is 2. The van der Waals surface area contributed by atoms with E-state index < -0.39 is 6.03 Å². The van der Waals surface area contributed by atoms with Crippen LogP contribution in [0.25, 0.3) is 0 Å². The topological polar surface area (TPSA) is 72.0 Å². The molecule has 0 aliphatic heterocycles. The molecule has 0 fully saturated rings. The molecule has 0 bridgehead atoms. The number of carbonyl (C=O) groups excluding carboxylic acids is 1. The number of nitrogens with one attached hydrogen (secondary N) is 2. The highest BCUT2D eigenvalue weighted by molar-refractivity contribution is 14.1. The second-order valence-corrected chi connectivity index (χ2v) is 7.94. The first-order valence-corrected chi connectivity index (χ1v) is 11.0. The molecule has 0 aliphatic carbocycles. The third-order valence-electron chi connectivity index (χ3n) is 4.43. The van der Waals surface area contributed by atoms with E-state index in [2.05, 4.69) is 38.4 Å². The lowest BCUT2D eigenvalue weighted by Crippen LogP contribution is -2.24. The van der Waals surface area contributed by atoms with Crippen LogP contribution in [-0.2, 0) is 6.61 Å².